The van der Waals surface area contributed by atoms with Crippen molar-refractivity contribution in [3.63, 3.8) is 0 Å². The number of aliphatic imine (C=N–C) groups is 1. The van der Waals surface area contributed by atoms with Crippen molar-refractivity contribution >= 4 is 29.9 Å². The summed E-state index contributed by atoms with van der Waals surface area (Å²) in [6.45, 7) is 6.70. The molecule has 1 aliphatic rings. The zero-order valence-electron chi connectivity index (χ0n) is 14.5. The third-order valence-corrected chi connectivity index (χ3v) is 4.41. The van der Waals surface area contributed by atoms with Gasteiger partial charge in [-0.15, -0.1) is 24.0 Å². The Bertz CT molecular complexity index is 470. The summed E-state index contributed by atoms with van der Waals surface area (Å²) in [4.78, 5) is 9.04. The van der Waals surface area contributed by atoms with E-state index >= 15 is 0 Å². The molecule has 1 aromatic rings. The smallest absolute Gasteiger partial charge is 0.191 e. The molecule has 0 atom stereocenters. The molecule has 0 saturated heterocycles. The van der Waals surface area contributed by atoms with Crippen LogP contribution >= 0.6 is 24.0 Å². The molecule has 0 unspecified atom stereocenters. The van der Waals surface area contributed by atoms with Gasteiger partial charge in [-0.1, -0.05) is 31.7 Å². The van der Waals surface area contributed by atoms with Gasteiger partial charge in [0.15, 0.2) is 5.96 Å². The van der Waals surface area contributed by atoms with Crippen molar-refractivity contribution in [3.05, 3.63) is 29.6 Å². The Labute approximate surface area is 158 Å². The predicted octanol–water partition coefficient (Wildman–Crippen LogP) is 4.03. The van der Waals surface area contributed by atoms with E-state index in [1.807, 2.05) is 12.3 Å². The second kappa shape index (κ2) is 11.6. The van der Waals surface area contributed by atoms with E-state index in [-0.39, 0.29) is 24.0 Å². The Balaban J connectivity index is 0.00000264. The van der Waals surface area contributed by atoms with E-state index in [1.165, 1.54) is 44.1 Å². The molecule has 0 bridgehead atoms. The standard InChI is InChI=1S/C18H30N4.HI/c1-3-19-18(21-13-7-11-16-9-4-5-10-16)22-14-17-15(2)8-6-12-20-17;/h6,8,12,16H,3-5,7,9-11,13-14H2,1-2H3,(H2,19,21,22);1H. The Morgan fingerprint density at radius 1 is 1.30 bits per heavy atom. The van der Waals surface area contributed by atoms with E-state index in [4.69, 9.17) is 0 Å². The monoisotopic (exact) mass is 430 g/mol. The second-order valence-electron chi connectivity index (χ2n) is 6.18. The highest BCUT2D eigenvalue weighted by molar-refractivity contribution is 14.0. The minimum absolute atomic E-state index is 0. The van der Waals surface area contributed by atoms with Crippen LogP contribution in [0.15, 0.2) is 23.3 Å². The average molecular weight is 430 g/mol. The number of hydrogen-bond donors (Lipinski definition) is 2. The van der Waals surface area contributed by atoms with E-state index in [1.54, 1.807) is 0 Å². The SMILES string of the molecule is CCNC(=NCc1ncccc1C)NCCCC1CCCC1.I. The molecule has 130 valence electrons. The fourth-order valence-corrected chi connectivity index (χ4v) is 3.08. The molecule has 0 radical (unpaired) electrons. The highest BCUT2D eigenvalue weighted by Crippen LogP contribution is 2.28. The summed E-state index contributed by atoms with van der Waals surface area (Å²) >= 11 is 0. The summed E-state index contributed by atoms with van der Waals surface area (Å²) in [5, 5.41) is 6.76. The van der Waals surface area contributed by atoms with Gasteiger partial charge in [-0.25, -0.2) is 4.99 Å². The minimum Gasteiger partial charge on any atom is -0.357 e. The first-order chi connectivity index (χ1) is 10.8. The van der Waals surface area contributed by atoms with Gasteiger partial charge in [0.1, 0.15) is 0 Å². The molecular formula is C18H31IN4. The van der Waals surface area contributed by atoms with Gasteiger partial charge in [0.05, 0.1) is 12.2 Å². The number of aromatic nitrogens is 1. The molecule has 5 heteroatoms. The van der Waals surface area contributed by atoms with Gasteiger partial charge in [0.25, 0.3) is 0 Å². The Hall–Kier alpha value is -0.850. The van der Waals surface area contributed by atoms with Crippen LogP contribution in [0.25, 0.3) is 0 Å². The van der Waals surface area contributed by atoms with Crippen molar-refractivity contribution in [2.45, 2.75) is 58.9 Å². The fourth-order valence-electron chi connectivity index (χ4n) is 3.08. The number of aryl methyl sites for hydroxylation is 1. The molecular weight excluding hydrogens is 399 g/mol. The largest absolute Gasteiger partial charge is 0.357 e. The van der Waals surface area contributed by atoms with Crippen molar-refractivity contribution in [1.29, 1.82) is 0 Å². The lowest BCUT2D eigenvalue weighted by Crippen LogP contribution is -2.37. The van der Waals surface area contributed by atoms with E-state index in [9.17, 15) is 0 Å². The lowest BCUT2D eigenvalue weighted by molar-refractivity contribution is 0.481. The van der Waals surface area contributed by atoms with Crippen LogP contribution in [0.4, 0.5) is 0 Å². The van der Waals surface area contributed by atoms with Gasteiger partial charge in [0, 0.05) is 19.3 Å². The van der Waals surface area contributed by atoms with Crippen molar-refractivity contribution in [1.82, 2.24) is 15.6 Å². The van der Waals surface area contributed by atoms with Crippen molar-refractivity contribution in [3.8, 4) is 0 Å². The molecule has 4 nitrogen and oxygen atoms in total. The number of hydrogen-bond acceptors (Lipinski definition) is 2. The Morgan fingerprint density at radius 3 is 2.78 bits per heavy atom. The van der Waals surface area contributed by atoms with E-state index in [0.29, 0.717) is 6.54 Å². The molecule has 1 heterocycles. The van der Waals surface area contributed by atoms with Crippen LogP contribution in [-0.4, -0.2) is 24.0 Å². The number of rotatable bonds is 7. The van der Waals surface area contributed by atoms with E-state index in [0.717, 1.165) is 30.7 Å². The molecule has 1 saturated carbocycles. The number of guanidine groups is 1. The highest BCUT2D eigenvalue weighted by atomic mass is 127. The summed E-state index contributed by atoms with van der Waals surface area (Å²) in [6.07, 6.45) is 10.2. The Morgan fingerprint density at radius 2 is 2.09 bits per heavy atom. The maximum absolute atomic E-state index is 4.65. The minimum atomic E-state index is 0. The molecule has 0 aromatic carbocycles. The van der Waals surface area contributed by atoms with Crippen LogP contribution in [0.1, 0.15) is 56.7 Å². The zero-order valence-corrected chi connectivity index (χ0v) is 16.8. The first kappa shape index (κ1) is 20.2. The molecule has 0 amide bonds. The molecule has 1 fully saturated rings. The quantitative estimate of drug-likeness (QED) is 0.297. The van der Waals surface area contributed by atoms with Crippen molar-refractivity contribution in [2.75, 3.05) is 13.1 Å². The predicted molar refractivity (Wildman–Crippen MR) is 108 cm³/mol. The van der Waals surface area contributed by atoms with Gasteiger partial charge >= 0.3 is 0 Å². The average Bonchev–Trinajstić information content (AvgIpc) is 3.03. The first-order valence-electron chi connectivity index (χ1n) is 8.72. The van der Waals surface area contributed by atoms with Gasteiger partial charge in [-0.05, 0) is 44.2 Å². The fraction of sp³-hybridized carbons (Fsp3) is 0.667. The van der Waals surface area contributed by atoms with Crippen LogP contribution in [0.2, 0.25) is 0 Å². The summed E-state index contributed by atoms with van der Waals surface area (Å²) in [5.41, 5.74) is 2.24. The number of halogens is 1. The van der Waals surface area contributed by atoms with Crippen LogP contribution in [0, 0.1) is 12.8 Å². The zero-order chi connectivity index (χ0) is 15.6. The highest BCUT2D eigenvalue weighted by Gasteiger charge is 2.13. The Kier molecular flexibility index (Phi) is 10.2. The summed E-state index contributed by atoms with van der Waals surface area (Å²) in [6, 6.07) is 4.05. The molecule has 2 N–H and O–H groups in total. The summed E-state index contributed by atoms with van der Waals surface area (Å²) in [7, 11) is 0. The van der Waals surface area contributed by atoms with Crippen LogP contribution < -0.4 is 10.6 Å². The maximum Gasteiger partial charge on any atom is 0.191 e. The van der Waals surface area contributed by atoms with E-state index in [2.05, 4.69) is 40.5 Å². The normalized spacial score (nSPS) is 15.3. The number of pyridine rings is 1. The van der Waals surface area contributed by atoms with Crippen LogP contribution in [0.3, 0.4) is 0 Å². The van der Waals surface area contributed by atoms with Crippen LogP contribution in [0.5, 0.6) is 0 Å². The second-order valence-corrected chi connectivity index (χ2v) is 6.18. The number of nitrogens with one attached hydrogen (secondary N) is 2. The lowest BCUT2D eigenvalue weighted by atomic mass is 10.0. The third-order valence-electron chi connectivity index (χ3n) is 4.41. The van der Waals surface area contributed by atoms with Gasteiger partial charge in [-0.2, -0.15) is 0 Å². The van der Waals surface area contributed by atoms with Crippen molar-refractivity contribution in [2.24, 2.45) is 10.9 Å². The molecule has 2 rings (SSSR count). The van der Waals surface area contributed by atoms with E-state index < -0.39 is 0 Å². The third kappa shape index (κ3) is 7.50. The first-order valence-corrected chi connectivity index (χ1v) is 8.72. The lowest BCUT2D eigenvalue weighted by Gasteiger charge is -2.13. The molecule has 1 aromatic heterocycles. The topological polar surface area (TPSA) is 49.3 Å². The summed E-state index contributed by atoms with van der Waals surface area (Å²) < 4.78 is 0. The van der Waals surface area contributed by atoms with Crippen LogP contribution in [-0.2, 0) is 6.54 Å². The summed E-state index contributed by atoms with van der Waals surface area (Å²) in [5.74, 6) is 1.87. The maximum atomic E-state index is 4.65. The molecule has 0 aliphatic heterocycles. The van der Waals surface area contributed by atoms with Gasteiger partial charge in [-0.3, -0.25) is 4.98 Å². The molecule has 23 heavy (non-hydrogen) atoms. The number of nitrogens with zero attached hydrogens (tertiary/aromatic N) is 2. The van der Waals surface area contributed by atoms with Gasteiger partial charge < -0.3 is 10.6 Å². The van der Waals surface area contributed by atoms with Gasteiger partial charge in [0.2, 0.25) is 0 Å². The molecule has 1 aliphatic carbocycles. The van der Waals surface area contributed by atoms with Crippen molar-refractivity contribution < 1.29 is 0 Å². The molecule has 0 spiro atoms.